The predicted octanol–water partition coefficient (Wildman–Crippen LogP) is 1.65. The number of ether oxygens (including phenoxy) is 3. The first kappa shape index (κ1) is 27.8. The van der Waals surface area contributed by atoms with E-state index in [0.29, 0.717) is 23.5 Å². The molecule has 1 saturated heterocycles. The van der Waals surface area contributed by atoms with Gasteiger partial charge in [-0.2, -0.15) is 5.26 Å². The molecule has 4 aliphatic rings. The fourth-order valence-corrected chi connectivity index (χ4v) is 7.06. The second-order valence-electron chi connectivity index (χ2n) is 10.8. The summed E-state index contributed by atoms with van der Waals surface area (Å²) in [4.78, 5) is 42.4. The molecule has 1 fully saturated rings. The standard InChI is InChI=1S/C29H34N4O7/c1-13-7-16-8-18-20(10-30)33-19(24(32(18)4)22(16)29(28(13)39-6)40-12-38-5)9-17-23(21(33)11-31-15(3)34)27(37)26(36)14(2)25(17)35/h7,18-21,24,35H,8-9,11-12H2,1-6H3,(H,31,34)/t18-,19+,20+,21+,24+/m1/s1. The topological polar surface area (TPSA) is 141 Å². The van der Waals surface area contributed by atoms with Gasteiger partial charge >= 0.3 is 0 Å². The Morgan fingerprint density at radius 3 is 2.52 bits per heavy atom. The van der Waals surface area contributed by atoms with Crippen molar-refractivity contribution < 1.29 is 33.7 Å². The largest absolute Gasteiger partial charge is 0.507 e. The van der Waals surface area contributed by atoms with Crippen LogP contribution in [-0.4, -0.2) is 91.2 Å². The number of carbonyl (C=O) groups is 3. The third-order valence-electron chi connectivity index (χ3n) is 8.73. The number of nitriles is 1. The van der Waals surface area contributed by atoms with Crippen molar-refractivity contribution in [3.63, 3.8) is 0 Å². The van der Waals surface area contributed by atoms with Crippen LogP contribution in [-0.2, 0) is 25.5 Å². The summed E-state index contributed by atoms with van der Waals surface area (Å²) in [7, 11) is 5.09. The Kier molecular flexibility index (Phi) is 7.20. The number of nitrogens with one attached hydrogen (secondary N) is 1. The molecule has 11 nitrogen and oxygen atoms in total. The van der Waals surface area contributed by atoms with Crippen LogP contribution in [0.4, 0.5) is 0 Å². The summed E-state index contributed by atoms with van der Waals surface area (Å²) >= 11 is 0. The first-order valence-corrected chi connectivity index (χ1v) is 13.2. The zero-order valence-corrected chi connectivity index (χ0v) is 23.5. The minimum absolute atomic E-state index is 0.000180. The lowest BCUT2D eigenvalue weighted by atomic mass is 9.70. The Morgan fingerprint density at radius 2 is 1.90 bits per heavy atom. The average Bonchev–Trinajstić information content (AvgIpc) is 2.92. The van der Waals surface area contributed by atoms with E-state index in [1.54, 1.807) is 7.11 Å². The number of amides is 1. The van der Waals surface area contributed by atoms with Crippen LogP contribution >= 0.6 is 0 Å². The van der Waals surface area contributed by atoms with E-state index >= 15 is 0 Å². The molecule has 0 radical (unpaired) electrons. The van der Waals surface area contributed by atoms with Crippen molar-refractivity contribution >= 4 is 17.5 Å². The van der Waals surface area contributed by atoms with E-state index in [4.69, 9.17) is 14.2 Å². The summed E-state index contributed by atoms with van der Waals surface area (Å²) in [5, 5.41) is 24.5. The van der Waals surface area contributed by atoms with E-state index in [-0.39, 0.29) is 54.7 Å². The number of methoxy groups -OCH3 is 2. The number of likely N-dealkylation sites (N-methyl/N-ethyl adjacent to an activating group) is 1. The number of aliphatic hydroxyl groups is 1. The summed E-state index contributed by atoms with van der Waals surface area (Å²) in [6.07, 6.45) is 0.751. The number of hydrogen-bond acceptors (Lipinski definition) is 10. The molecule has 0 spiro atoms. The second-order valence-corrected chi connectivity index (χ2v) is 10.8. The van der Waals surface area contributed by atoms with Crippen LogP contribution in [0.1, 0.15) is 43.0 Å². The van der Waals surface area contributed by atoms with Crippen LogP contribution in [0, 0.1) is 18.3 Å². The molecule has 11 heteroatoms. The number of benzene rings is 1. The maximum Gasteiger partial charge on any atom is 0.232 e. The number of rotatable bonds is 6. The first-order valence-electron chi connectivity index (χ1n) is 13.2. The van der Waals surface area contributed by atoms with E-state index in [9.17, 15) is 24.8 Å². The van der Waals surface area contributed by atoms with Gasteiger partial charge in [0.25, 0.3) is 0 Å². The Morgan fingerprint density at radius 1 is 1.18 bits per heavy atom. The van der Waals surface area contributed by atoms with Crippen LogP contribution in [0.25, 0.3) is 0 Å². The van der Waals surface area contributed by atoms with Gasteiger partial charge in [0.1, 0.15) is 11.8 Å². The van der Waals surface area contributed by atoms with Crippen LogP contribution in [0.5, 0.6) is 11.5 Å². The molecule has 1 amide bonds. The summed E-state index contributed by atoms with van der Waals surface area (Å²) in [6.45, 7) is 4.76. The fraction of sp³-hybridized carbons (Fsp3) is 0.517. The first-order chi connectivity index (χ1) is 19.1. The number of fused-ring (bicyclic) bond motifs is 6. The number of Topliss-reactive ketones (excluding diaryl/α,β-unsaturated/α-hetero) is 2. The molecule has 1 aromatic rings. The van der Waals surface area contributed by atoms with Crippen molar-refractivity contribution in [2.24, 2.45) is 0 Å². The van der Waals surface area contributed by atoms with Gasteiger partial charge in [-0.1, -0.05) is 6.07 Å². The highest BCUT2D eigenvalue weighted by Crippen LogP contribution is 2.54. The molecule has 212 valence electrons. The van der Waals surface area contributed by atoms with Gasteiger partial charge in [-0.3, -0.25) is 24.2 Å². The van der Waals surface area contributed by atoms with Crippen LogP contribution in [0.15, 0.2) is 28.5 Å². The second kappa shape index (κ2) is 10.4. The molecular weight excluding hydrogens is 516 g/mol. The van der Waals surface area contributed by atoms with Crippen molar-refractivity contribution in [1.82, 2.24) is 15.1 Å². The molecule has 2 N–H and O–H groups in total. The Balaban J connectivity index is 1.76. The minimum Gasteiger partial charge on any atom is -0.507 e. The van der Waals surface area contributed by atoms with Gasteiger partial charge in [-0.05, 0) is 44.9 Å². The van der Waals surface area contributed by atoms with Gasteiger partial charge in [-0.25, -0.2) is 0 Å². The van der Waals surface area contributed by atoms with Gasteiger partial charge in [-0.15, -0.1) is 0 Å². The molecular formula is C29H34N4O7. The molecule has 3 heterocycles. The number of nitrogens with zero attached hydrogens (tertiary/aromatic N) is 3. The van der Waals surface area contributed by atoms with E-state index in [2.05, 4.69) is 22.4 Å². The summed E-state index contributed by atoms with van der Waals surface area (Å²) in [6, 6.07) is 2.11. The monoisotopic (exact) mass is 550 g/mol. The Bertz CT molecular complexity index is 1410. The van der Waals surface area contributed by atoms with E-state index in [0.717, 1.165) is 16.7 Å². The summed E-state index contributed by atoms with van der Waals surface area (Å²) in [5.41, 5.74) is 3.35. The number of ketones is 2. The highest BCUT2D eigenvalue weighted by molar-refractivity contribution is 6.50. The molecule has 0 saturated carbocycles. The van der Waals surface area contributed by atoms with Crippen molar-refractivity contribution in [2.45, 2.75) is 63.8 Å². The number of aliphatic hydroxyl groups excluding tert-OH is 1. The normalized spacial score (nSPS) is 28.0. The van der Waals surface area contributed by atoms with Gasteiger partial charge in [0.15, 0.2) is 18.3 Å². The van der Waals surface area contributed by atoms with Crippen molar-refractivity contribution in [2.75, 3.05) is 34.6 Å². The maximum atomic E-state index is 13.4. The molecule has 3 aliphatic heterocycles. The number of carbonyl (C=O) groups excluding carboxylic acids is 3. The van der Waals surface area contributed by atoms with Gasteiger partial charge in [0.2, 0.25) is 17.5 Å². The quantitative estimate of drug-likeness (QED) is 0.305. The average molecular weight is 551 g/mol. The van der Waals surface area contributed by atoms with Gasteiger partial charge in [0, 0.05) is 54.9 Å². The van der Waals surface area contributed by atoms with E-state index in [1.165, 1.54) is 21.0 Å². The molecule has 1 aromatic carbocycles. The predicted molar refractivity (Wildman–Crippen MR) is 143 cm³/mol. The third kappa shape index (κ3) is 4.01. The Hall–Kier alpha value is -3.72. The van der Waals surface area contributed by atoms with Gasteiger partial charge in [0.05, 0.1) is 25.3 Å². The molecule has 1 aliphatic carbocycles. The smallest absolute Gasteiger partial charge is 0.232 e. The number of allylic oxidation sites excluding steroid dienone is 2. The SMILES string of the molecule is COCOc1c(OC)c(C)cc2c1[C@@H]1[C@@H]3CC4=C(C(=O)C(=O)C(C)=C4O)[C@H](CNC(C)=O)N3[C@@H](C#N)[C@@H](C2)N1C. The molecule has 5 rings (SSSR count). The van der Waals surface area contributed by atoms with Gasteiger partial charge < -0.3 is 24.6 Å². The van der Waals surface area contributed by atoms with Crippen molar-refractivity contribution in [3.8, 4) is 17.6 Å². The minimum atomic E-state index is -0.787. The van der Waals surface area contributed by atoms with Crippen molar-refractivity contribution in [3.05, 3.63) is 45.2 Å². The number of hydrogen-bond donors (Lipinski definition) is 2. The van der Waals surface area contributed by atoms with E-state index < -0.39 is 29.7 Å². The molecule has 0 aromatic heterocycles. The lowest BCUT2D eigenvalue weighted by molar-refractivity contribution is -0.134. The lowest BCUT2D eigenvalue weighted by Gasteiger charge is -2.60. The molecule has 5 atom stereocenters. The molecule has 40 heavy (non-hydrogen) atoms. The Labute approximate surface area is 233 Å². The zero-order valence-electron chi connectivity index (χ0n) is 23.5. The summed E-state index contributed by atoms with van der Waals surface area (Å²) in [5.74, 6) is -0.863. The third-order valence-corrected chi connectivity index (χ3v) is 8.73. The van der Waals surface area contributed by atoms with Crippen molar-refractivity contribution in [1.29, 1.82) is 5.26 Å². The zero-order chi connectivity index (χ0) is 29.0. The summed E-state index contributed by atoms with van der Waals surface area (Å²) < 4.78 is 17.1. The number of aryl methyl sites for hydroxylation is 1. The van der Waals surface area contributed by atoms with Crippen LogP contribution < -0.4 is 14.8 Å². The molecule has 2 bridgehead atoms. The lowest BCUT2D eigenvalue weighted by Crippen LogP contribution is -2.71. The molecule has 0 unspecified atom stereocenters. The van der Waals surface area contributed by atoms with Crippen LogP contribution in [0.2, 0.25) is 0 Å². The highest BCUT2D eigenvalue weighted by atomic mass is 16.7. The highest BCUT2D eigenvalue weighted by Gasteiger charge is 2.57. The van der Waals surface area contributed by atoms with E-state index in [1.807, 2.05) is 18.9 Å². The maximum absolute atomic E-state index is 13.4. The van der Waals surface area contributed by atoms with Crippen LogP contribution in [0.3, 0.4) is 0 Å². The fourth-order valence-electron chi connectivity index (χ4n) is 7.06. The number of piperazine rings is 1.